The molecule has 0 atom stereocenters. The Kier molecular flexibility index (Phi) is 3.80. The Balaban J connectivity index is 1.59. The molecule has 0 spiro atoms. The van der Waals surface area contributed by atoms with E-state index in [1.807, 2.05) is 23.1 Å². The second-order valence-electron chi connectivity index (χ2n) is 5.15. The lowest BCUT2D eigenvalue weighted by atomic mass is 9.99. The lowest BCUT2D eigenvalue weighted by Gasteiger charge is -2.32. The SMILES string of the molecule is O=C1c2ccccc2CCN1CCN1CCOCC1. The second-order valence-corrected chi connectivity index (χ2v) is 5.15. The number of amides is 1. The van der Waals surface area contributed by atoms with E-state index in [9.17, 15) is 4.79 Å². The van der Waals surface area contributed by atoms with Crippen LogP contribution in [0.25, 0.3) is 0 Å². The van der Waals surface area contributed by atoms with Crippen LogP contribution in [0.3, 0.4) is 0 Å². The number of carbonyl (C=O) groups is 1. The molecule has 2 heterocycles. The van der Waals surface area contributed by atoms with E-state index in [0.29, 0.717) is 0 Å². The highest BCUT2D eigenvalue weighted by Crippen LogP contribution is 2.18. The fraction of sp³-hybridized carbons (Fsp3) is 0.533. The number of nitrogens with zero attached hydrogens (tertiary/aromatic N) is 2. The van der Waals surface area contributed by atoms with E-state index in [-0.39, 0.29) is 5.91 Å². The van der Waals surface area contributed by atoms with Gasteiger partial charge in [0, 0.05) is 38.3 Å². The molecule has 1 aromatic rings. The first-order valence-corrected chi connectivity index (χ1v) is 7.02. The van der Waals surface area contributed by atoms with Gasteiger partial charge in [-0.1, -0.05) is 18.2 Å². The zero-order valence-corrected chi connectivity index (χ0v) is 11.2. The summed E-state index contributed by atoms with van der Waals surface area (Å²) >= 11 is 0. The van der Waals surface area contributed by atoms with Crippen molar-refractivity contribution in [2.75, 3.05) is 45.9 Å². The van der Waals surface area contributed by atoms with Gasteiger partial charge in [-0.2, -0.15) is 0 Å². The molecule has 0 bridgehead atoms. The predicted octanol–water partition coefficient (Wildman–Crippen LogP) is 1.02. The van der Waals surface area contributed by atoms with Crippen molar-refractivity contribution in [3.63, 3.8) is 0 Å². The highest BCUT2D eigenvalue weighted by molar-refractivity contribution is 5.96. The van der Waals surface area contributed by atoms with E-state index in [1.54, 1.807) is 0 Å². The second kappa shape index (κ2) is 5.72. The molecule has 19 heavy (non-hydrogen) atoms. The zero-order chi connectivity index (χ0) is 13.1. The summed E-state index contributed by atoms with van der Waals surface area (Å²) in [6, 6.07) is 7.96. The minimum Gasteiger partial charge on any atom is -0.379 e. The fourth-order valence-corrected chi connectivity index (χ4v) is 2.77. The molecule has 102 valence electrons. The van der Waals surface area contributed by atoms with Crippen LogP contribution in [-0.2, 0) is 11.2 Å². The first kappa shape index (κ1) is 12.6. The quantitative estimate of drug-likeness (QED) is 0.813. The maximum Gasteiger partial charge on any atom is 0.254 e. The smallest absolute Gasteiger partial charge is 0.254 e. The summed E-state index contributed by atoms with van der Waals surface area (Å²) in [5.41, 5.74) is 2.07. The largest absolute Gasteiger partial charge is 0.379 e. The van der Waals surface area contributed by atoms with Crippen molar-refractivity contribution < 1.29 is 9.53 Å². The molecule has 0 radical (unpaired) electrons. The Labute approximate surface area is 113 Å². The van der Waals surface area contributed by atoms with Gasteiger partial charge in [0.05, 0.1) is 13.2 Å². The molecule has 1 fully saturated rings. The third-order valence-electron chi connectivity index (χ3n) is 3.98. The average molecular weight is 260 g/mol. The van der Waals surface area contributed by atoms with Crippen LogP contribution in [-0.4, -0.2) is 61.6 Å². The van der Waals surface area contributed by atoms with Gasteiger partial charge in [-0.25, -0.2) is 0 Å². The number of benzene rings is 1. The zero-order valence-electron chi connectivity index (χ0n) is 11.2. The van der Waals surface area contributed by atoms with Gasteiger partial charge in [-0.3, -0.25) is 9.69 Å². The molecule has 1 aromatic carbocycles. The number of hydrogen-bond acceptors (Lipinski definition) is 3. The van der Waals surface area contributed by atoms with Crippen LogP contribution in [0, 0.1) is 0 Å². The molecule has 1 amide bonds. The van der Waals surface area contributed by atoms with Crippen molar-refractivity contribution in [3.05, 3.63) is 35.4 Å². The molecule has 2 aliphatic rings. The van der Waals surface area contributed by atoms with Crippen molar-refractivity contribution in [1.29, 1.82) is 0 Å². The minimum absolute atomic E-state index is 0.190. The van der Waals surface area contributed by atoms with Gasteiger partial charge in [0.2, 0.25) is 0 Å². The van der Waals surface area contributed by atoms with Gasteiger partial charge >= 0.3 is 0 Å². The molecule has 0 saturated carbocycles. The predicted molar refractivity (Wildman–Crippen MR) is 73.3 cm³/mol. The van der Waals surface area contributed by atoms with E-state index in [0.717, 1.165) is 57.9 Å². The molecule has 0 aliphatic carbocycles. The van der Waals surface area contributed by atoms with Crippen LogP contribution in [0.4, 0.5) is 0 Å². The lowest BCUT2D eigenvalue weighted by molar-refractivity contribution is 0.0322. The fourth-order valence-electron chi connectivity index (χ4n) is 2.77. The molecule has 0 unspecified atom stereocenters. The van der Waals surface area contributed by atoms with Crippen LogP contribution in [0.1, 0.15) is 15.9 Å². The van der Waals surface area contributed by atoms with Gasteiger partial charge in [0.15, 0.2) is 0 Å². The van der Waals surface area contributed by atoms with Crippen LogP contribution >= 0.6 is 0 Å². The summed E-state index contributed by atoms with van der Waals surface area (Å²) < 4.78 is 5.34. The maximum absolute atomic E-state index is 12.4. The van der Waals surface area contributed by atoms with E-state index in [1.165, 1.54) is 5.56 Å². The van der Waals surface area contributed by atoms with Crippen molar-refractivity contribution in [2.24, 2.45) is 0 Å². The van der Waals surface area contributed by atoms with Gasteiger partial charge in [-0.05, 0) is 18.1 Å². The van der Waals surface area contributed by atoms with Gasteiger partial charge in [0.25, 0.3) is 5.91 Å². The van der Waals surface area contributed by atoms with E-state index < -0.39 is 0 Å². The first-order valence-electron chi connectivity index (χ1n) is 7.02. The number of hydrogen-bond donors (Lipinski definition) is 0. The number of fused-ring (bicyclic) bond motifs is 1. The summed E-state index contributed by atoms with van der Waals surface area (Å²) in [5, 5.41) is 0. The van der Waals surface area contributed by atoms with Gasteiger partial charge in [-0.15, -0.1) is 0 Å². The van der Waals surface area contributed by atoms with Crippen molar-refractivity contribution in [1.82, 2.24) is 9.80 Å². The average Bonchev–Trinajstić information content (AvgIpc) is 2.48. The Hall–Kier alpha value is -1.39. The standard InChI is InChI=1S/C15H20N2O2/c18-15-14-4-2-1-3-13(14)5-6-17(15)8-7-16-9-11-19-12-10-16/h1-4H,5-12H2. The monoisotopic (exact) mass is 260 g/mol. The lowest BCUT2D eigenvalue weighted by Crippen LogP contribution is -2.45. The normalized spacial score (nSPS) is 20.4. The summed E-state index contributed by atoms with van der Waals surface area (Å²) in [7, 11) is 0. The Morgan fingerprint density at radius 3 is 2.68 bits per heavy atom. The number of rotatable bonds is 3. The molecular formula is C15H20N2O2. The molecule has 2 aliphatic heterocycles. The third-order valence-corrected chi connectivity index (χ3v) is 3.98. The number of ether oxygens (including phenoxy) is 1. The van der Waals surface area contributed by atoms with Gasteiger partial charge in [0.1, 0.15) is 0 Å². The van der Waals surface area contributed by atoms with Crippen molar-refractivity contribution >= 4 is 5.91 Å². The highest BCUT2D eigenvalue weighted by Gasteiger charge is 2.24. The molecule has 4 nitrogen and oxygen atoms in total. The molecule has 4 heteroatoms. The summed E-state index contributed by atoms with van der Waals surface area (Å²) in [6.45, 7) is 6.23. The Morgan fingerprint density at radius 2 is 1.84 bits per heavy atom. The van der Waals surface area contributed by atoms with Crippen LogP contribution in [0.15, 0.2) is 24.3 Å². The summed E-state index contributed by atoms with van der Waals surface area (Å²) in [5.74, 6) is 0.190. The van der Waals surface area contributed by atoms with Crippen molar-refractivity contribution in [3.8, 4) is 0 Å². The topological polar surface area (TPSA) is 32.8 Å². The number of carbonyl (C=O) groups excluding carboxylic acids is 1. The Morgan fingerprint density at radius 1 is 1.05 bits per heavy atom. The van der Waals surface area contributed by atoms with Crippen LogP contribution in [0.5, 0.6) is 0 Å². The molecule has 0 aromatic heterocycles. The van der Waals surface area contributed by atoms with Crippen LogP contribution < -0.4 is 0 Å². The van der Waals surface area contributed by atoms with E-state index >= 15 is 0 Å². The molecule has 0 N–H and O–H groups in total. The summed E-state index contributed by atoms with van der Waals surface area (Å²) in [4.78, 5) is 16.7. The van der Waals surface area contributed by atoms with Gasteiger partial charge < -0.3 is 9.64 Å². The first-order chi connectivity index (χ1) is 9.34. The van der Waals surface area contributed by atoms with Crippen molar-refractivity contribution in [2.45, 2.75) is 6.42 Å². The Bertz CT molecular complexity index is 455. The van der Waals surface area contributed by atoms with Crippen LogP contribution in [0.2, 0.25) is 0 Å². The molecule has 3 rings (SSSR count). The highest BCUT2D eigenvalue weighted by atomic mass is 16.5. The maximum atomic E-state index is 12.4. The minimum atomic E-state index is 0.190. The molecule has 1 saturated heterocycles. The molecular weight excluding hydrogens is 240 g/mol. The third kappa shape index (κ3) is 2.80. The number of morpholine rings is 1. The summed E-state index contributed by atoms with van der Waals surface area (Å²) in [6.07, 6.45) is 0.977. The van der Waals surface area contributed by atoms with E-state index in [4.69, 9.17) is 4.74 Å². The van der Waals surface area contributed by atoms with E-state index in [2.05, 4.69) is 11.0 Å².